The quantitative estimate of drug-likeness (QED) is 0.735. The van der Waals surface area contributed by atoms with E-state index < -0.39 is 5.60 Å². The number of aryl methyl sites for hydroxylation is 1. The van der Waals surface area contributed by atoms with E-state index in [1.54, 1.807) is 11.3 Å². The zero-order valence-corrected chi connectivity index (χ0v) is 9.95. The normalized spacial score (nSPS) is 15.4. The van der Waals surface area contributed by atoms with Gasteiger partial charge in [0.25, 0.3) is 0 Å². The molecule has 0 bridgehead atoms. The molecule has 1 rings (SSSR count). The van der Waals surface area contributed by atoms with E-state index >= 15 is 0 Å². The average Bonchev–Trinajstić information content (AvgIpc) is 2.53. The Morgan fingerprint density at radius 3 is 2.79 bits per heavy atom. The first-order valence-corrected chi connectivity index (χ1v) is 5.93. The Kier molecular flexibility index (Phi) is 4.11. The molecule has 0 saturated heterocycles. The Hall–Kier alpha value is -0.380. The van der Waals surface area contributed by atoms with Crippen molar-refractivity contribution in [2.45, 2.75) is 32.8 Å². The standard InChI is InChI=1S/C11H19NOS/c1-4-12-6-5-11(3,13)10-7-9(2)14-8-10/h7-8,12-13H,4-6H2,1-3H3. The predicted molar refractivity (Wildman–Crippen MR) is 61.8 cm³/mol. The monoisotopic (exact) mass is 213 g/mol. The predicted octanol–water partition coefficient (Wildman–Crippen LogP) is 2.26. The molecule has 1 aromatic heterocycles. The largest absolute Gasteiger partial charge is 0.385 e. The van der Waals surface area contributed by atoms with Crippen molar-refractivity contribution in [3.05, 3.63) is 21.9 Å². The van der Waals surface area contributed by atoms with Gasteiger partial charge in [-0.25, -0.2) is 0 Å². The number of aliphatic hydroxyl groups is 1. The van der Waals surface area contributed by atoms with E-state index in [1.807, 2.05) is 12.3 Å². The van der Waals surface area contributed by atoms with Crippen molar-refractivity contribution in [1.82, 2.24) is 5.32 Å². The van der Waals surface area contributed by atoms with E-state index in [0.717, 1.165) is 25.1 Å². The fourth-order valence-corrected chi connectivity index (χ4v) is 2.21. The first-order chi connectivity index (χ1) is 6.56. The summed E-state index contributed by atoms with van der Waals surface area (Å²) in [5, 5.41) is 15.5. The first kappa shape index (κ1) is 11.7. The van der Waals surface area contributed by atoms with E-state index in [2.05, 4.69) is 25.2 Å². The molecule has 0 fully saturated rings. The van der Waals surface area contributed by atoms with Gasteiger partial charge in [0.05, 0.1) is 5.60 Å². The summed E-state index contributed by atoms with van der Waals surface area (Å²) in [6.45, 7) is 7.83. The third kappa shape index (κ3) is 3.08. The van der Waals surface area contributed by atoms with Crippen LogP contribution in [0.3, 0.4) is 0 Å². The number of thiophene rings is 1. The molecule has 0 radical (unpaired) electrons. The van der Waals surface area contributed by atoms with Crippen LogP contribution in [0.1, 0.15) is 30.7 Å². The summed E-state index contributed by atoms with van der Waals surface area (Å²) >= 11 is 1.69. The first-order valence-electron chi connectivity index (χ1n) is 5.05. The Balaban J connectivity index is 2.56. The fourth-order valence-electron chi connectivity index (χ4n) is 1.38. The highest BCUT2D eigenvalue weighted by molar-refractivity contribution is 7.10. The average molecular weight is 213 g/mol. The van der Waals surface area contributed by atoms with Crippen molar-refractivity contribution in [1.29, 1.82) is 0 Å². The SMILES string of the molecule is CCNCCC(C)(O)c1csc(C)c1. The number of rotatable bonds is 5. The van der Waals surface area contributed by atoms with E-state index in [1.165, 1.54) is 4.88 Å². The lowest BCUT2D eigenvalue weighted by Gasteiger charge is -2.22. The van der Waals surface area contributed by atoms with Gasteiger partial charge in [0.2, 0.25) is 0 Å². The molecule has 1 heterocycles. The summed E-state index contributed by atoms with van der Waals surface area (Å²) in [6, 6.07) is 2.07. The second kappa shape index (κ2) is 4.91. The zero-order valence-electron chi connectivity index (χ0n) is 9.13. The van der Waals surface area contributed by atoms with Gasteiger partial charge in [-0.3, -0.25) is 0 Å². The lowest BCUT2D eigenvalue weighted by atomic mass is 9.95. The van der Waals surface area contributed by atoms with Gasteiger partial charge in [0.15, 0.2) is 0 Å². The van der Waals surface area contributed by atoms with Crippen molar-refractivity contribution in [2.75, 3.05) is 13.1 Å². The van der Waals surface area contributed by atoms with Crippen molar-refractivity contribution in [2.24, 2.45) is 0 Å². The third-order valence-electron chi connectivity index (χ3n) is 2.39. The molecule has 0 aliphatic rings. The number of hydrogen-bond acceptors (Lipinski definition) is 3. The summed E-state index contributed by atoms with van der Waals surface area (Å²) in [5.74, 6) is 0. The Morgan fingerprint density at radius 1 is 1.57 bits per heavy atom. The van der Waals surface area contributed by atoms with Crippen LogP contribution in [0.2, 0.25) is 0 Å². The summed E-state index contributed by atoms with van der Waals surface area (Å²) in [5.41, 5.74) is 0.352. The van der Waals surface area contributed by atoms with Gasteiger partial charge in [-0.05, 0) is 50.4 Å². The second-order valence-corrected chi connectivity index (χ2v) is 4.94. The van der Waals surface area contributed by atoms with Crippen LogP contribution in [0, 0.1) is 6.92 Å². The summed E-state index contributed by atoms with van der Waals surface area (Å²) < 4.78 is 0. The number of nitrogens with one attached hydrogen (secondary N) is 1. The molecule has 0 aromatic carbocycles. The smallest absolute Gasteiger partial charge is 0.0888 e. The maximum Gasteiger partial charge on any atom is 0.0888 e. The van der Waals surface area contributed by atoms with E-state index in [4.69, 9.17) is 0 Å². The minimum Gasteiger partial charge on any atom is -0.385 e. The van der Waals surface area contributed by atoms with Crippen LogP contribution in [-0.2, 0) is 5.60 Å². The molecule has 3 heteroatoms. The van der Waals surface area contributed by atoms with Crippen LogP contribution >= 0.6 is 11.3 Å². The van der Waals surface area contributed by atoms with Crippen LogP contribution in [0.15, 0.2) is 11.4 Å². The molecule has 1 atom stereocenters. The topological polar surface area (TPSA) is 32.3 Å². The zero-order chi connectivity index (χ0) is 10.6. The fraction of sp³-hybridized carbons (Fsp3) is 0.636. The van der Waals surface area contributed by atoms with Crippen LogP contribution in [0.25, 0.3) is 0 Å². The van der Waals surface area contributed by atoms with Gasteiger partial charge in [0.1, 0.15) is 0 Å². The van der Waals surface area contributed by atoms with Gasteiger partial charge in [-0.2, -0.15) is 0 Å². The Morgan fingerprint density at radius 2 is 2.29 bits per heavy atom. The molecule has 0 aliphatic heterocycles. The lowest BCUT2D eigenvalue weighted by molar-refractivity contribution is 0.0486. The van der Waals surface area contributed by atoms with Crippen molar-refractivity contribution in [3.63, 3.8) is 0 Å². The minimum absolute atomic E-state index is 0.688. The summed E-state index contributed by atoms with van der Waals surface area (Å²) in [7, 11) is 0. The van der Waals surface area contributed by atoms with Gasteiger partial charge < -0.3 is 10.4 Å². The maximum absolute atomic E-state index is 10.2. The Labute approximate surface area is 90.0 Å². The molecule has 14 heavy (non-hydrogen) atoms. The van der Waals surface area contributed by atoms with Gasteiger partial charge >= 0.3 is 0 Å². The van der Waals surface area contributed by atoms with Crippen molar-refractivity contribution in [3.8, 4) is 0 Å². The second-order valence-electron chi connectivity index (χ2n) is 3.82. The van der Waals surface area contributed by atoms with Gasteiger partial charge in [-0.15, -0.1) is 11.3 Å². The van der Waals surface area contributed by atoms with E-state index in [-0.39, 0.29) is 0 Å². The highest BCUT2D eigenvalue weighted by Crippen LogP contribution is 2.27. The molecule has 1 aromatic rings. The highest BCUT2D eigenvalue weighted by Gasteiger charge is 2.23. The summed E-state index contributed by atoms with van der Waals surface area (Å²) in [6.07, 6.45) is 0.761. The van der Waals surface area contributed by atoms with E-state index in [0.29, 0.717) is 0 Å². The summed E-state index contributed by atoms with van der Waals surface area (Å²) in [4.78, 5) is 1.25. The third-order valence-corrected chi connectivity index (χ3v) is 3.25. The van der Waals surface area contributed by atoms with Crippen molar-refractivity contribution < 1.29 is 5.11 Å². The molecule has 0 saturated carbocycles. The molecule has 0 aliphatic carbocycles. The molecule has 2 nitrogen and oxygen atoms in total. The van der Waals surface area contributed by atoms with Crippen LogP contribution in [0.5, 0.6) is 0 Å². The molecule has 0 spiro atoms. The van der Waals surface area contributed by atoms with Gasteiger partial charge in [-0.1, -0.05) is 6.92 Å². The van der Waals surface area contributed by atoms with Crippen LogP contribution < -0.4 is 5.32 Å². The van der Waals surface area contributed by atoms with Crippen molar-refractivity contribution >= 4 is 11.3 Å². The highest BCUT2D eigenvalue weighted by atomic mass is 32.1. The molecular weight excluding hydrogens is 194 g/mol. The molecular formula is C11H19NOS. The minimum atomic E-state index is -0.688. The number of hydrogen-bond donors (Lipinski definition) is 2. The molecule has 80 valence electrons. The maximum atomic E-state index is 10.2. The lowest BCUT2D eigenvalue weighted by Crippen LogP contribution is -2.27. The van der Waals surface area contributed by atoms with Crippen LogP contribution in [0.4, 0.5) is 0 Å². The Bertz CT molecular complexity index is 281. The molecule has 1 unspecified atom stereocenters. The van der Waals surface area contributed by atoms with Crippen LogP contribution in [-0.4, -0.2) is 18.2 Å². The van der Waals surface area contributed by atoms with Gasteiger partial charge in [0, 0.05) is 4.88 Å². The molecule has 2 N–H and O–H groups in total. The van der Waals surface area contributed by atoms with E-state index in [9.17, 15) is 5.11 Å². The molecule has 0 amide bonds.